The van der Waals surface area contributed by atoms with E-state index in [-0.39, 0.29) is 57.7 Å². The average molecular weight is 944 g/mol. The Morgan fingerprint density at radius 3 is 2.40 bits per heavy atom. The number of amides is 1. The number of carbonyl (C=O) groups is 3. The number of pyridine rings is 2. The van der Waals surface area contributed by atoms with Crippen molar-refractivity contribution in [2.24, 2.45) is 5.73 Å². The third-order valence-electron chi connectivity index (χ3n) is 11.2. The highest BCUT2D eigenvalue weighted by Crippen LogP contribution is 2.50. The van der Waals surface area contributed by atoms with Crippen LogP contribution in [0.2, 0.25) is 5.15 Å². The van der Waals surface area contributed by atoms with Crippen molar-refractivity contribution in [2.45, 2.75) is 44.9 Å². The number of benzene rings is 2. The van der Waals surface area contributed by atoms with Gasteiger partial charge in [0.05, 0.1) is 31.1 Å². The molecule has 3 atom stereocenters. The standard InChI is InChI=1S/C23H22O6.C15H17FN4O3.C6H8ClN7O/c1-11(2)16-8-14-15(28-16)6-5-12-22(24)21-13-7-18(25-3)19(26-4)9-17(13)27-10-20(21)29-23(12)14;1-2-19-8-10(15(22)23)12(21)9-7-11(16)14(18-13(9)19)20-5-3-17-4-6-20;7-2-4(9)13-3(8)1(12-2)5(15)14-6(10)11/h5-7,9,16,20-21H,1,8,10H2,2-4H3;7-8,17H,2-6H2,1H3,(H,22,23);(H4,8,9,13)(H4,10,11,14,15)/t16-,20-,21+;;/m1../s1. The molecule has 0 unspecified atom stereocenters. The summed E-state index contributed by atoms with van der Waals surface area (Å²) >= 11 is 5.55. The Bertz CT molecular complexity index is 2910. The van der Waals surface area contributed by atoms with E-state index in [1.54, 1.807) is 30.9 Å². The zero-order valence-electron chi connectivity index (χ0n) is 36.7. The summed E-state index contributed by atoms with van der Waals surface area (Å²) in [7, 11) is 3.14. The number of fused-ring (bicyclic) bond motifs is 7. The van der Waals surface area contributed by atoms with Crippen molar-refractivity contribution in [2.75, 3.05) is 63.4 Å². The highest BCUT2D eigenvalue weighted by molar-refractivity contribution is 6.31. The number of carbonyl (C=O) groups excluding carboxylic acids is 2. The van der Waals surface area contributed by atoms with Crippen LogP contribution in [0.3, 0.4) is 0 Å². The number of ether oxygens (including phenoxy) is 5. The van der Waals surface area contributed by atoms with Gasteiger partial charge in [-0.3, -0.25) is 25.1 Å². The number of aryl methyl sites for hydroxylation is 1. The number of nitrogens with one attached hydrogen (secondary N) is 3. The van der Waals surface area contributed by atoms with Crippen molar-refractivity contribution in [3.05, 3.63) is 97.8 Å². The Kier molecular flexibility index (Phi) is 13.7. The highest BCUT2D eigenvalue weighted by atomic mass is 35.5. The molecule has 21 nitrogen and oxygen atoms in total. The molecule has 10 N–H and O–H groups in total. The first kappa shape index (κ1) is 47.2. The number of ketones is 1. The molecule has 0 radical (unpaired) electrons. The first-order chi connectivity index (χ1) is 31.9. The van der Waals surface area contributed by atoms with Gasteiger partial charge in [0.1, 0.15) is 47.3 Å². The molecule has 1 amide bonds. The van der Waals surface area contributed by atoms with Crippen LogP contribution in [-0.4, -0.2) is 107 Å². The number of hydrogen-bond donors (Lipinski definition) is 7. The normalized spacial score (nSPS) is 17.5. The smallest absolute Gasteiger partial charge is 0.341 e. The van der Waals surface area contributed by atoms with Crippen LogP contribution in [0, 0.1) is 11.2 Å². The van der Waals surface area contributed by atoms with Gasteiger partial charge in [-0.25, -0.2) is 24.1 Å². The van der Waals surface area contributed by atoms with Crippen LogP contribution in [0.15, 0.2) is 53.5 Å². The van der Waals surface area contributed by atoms with E-state index in [4.69, 9.17) is 63.0 Å². The molecule has 67 heavy (non-hydrogen) atoms. The van der Waals surface area contributed by atoms with Crippen LogP contribution in [0.1, 0.15) is 62.1 Å². The Balaban J connectivity index is 0.000000157. The molecule has 0 spiro atoms. The van der Waals surface area contributed by atoms with E-state index in [2.05, 4.69) is 26.8 Å². The molecular formula is C44H47ClFN11O10. The lowest BCUT2D eigenvalue weighted by Gasteiger charge is -2.37. The average Bonchev–Trinajstić information content (AvgIpc) is 3.76. The lowest BCUT2D eigenvalue weighted by Crippen LogP contribution is -2.44. The Hall–Kier alpha value is -7.72. The topological polar surface area (TPSA) is 307 Å². The Labute approximate surface area is 386 Å². The molecule has 0 aliphatic carbocycles. The summed E-state index contributed by atoms with van der Waals surface area (Å²) in [5, 5.41) is 21.0. The van der Waals surface area contributed by atoms with Crippen LogP contribution < -0.4 is 61.8 Å². The lowest BCUT2D eigenvalue weighted by atomic mass is 9.81. The molecular weight excluding hydrogens is 897 g/mol. The number of piperazine rings is 1. The number of aromatic nitrogens is 4. The van der Waals surface area contributed by atoms with E-state index in [9.17, 15) is 23.6 Å². The number of hydrogen-bond acceptors (Lipinski definition) is 17. The van der Waals surface area contributed by atoms with Gasteiger partial charge in [0.2, 0.25) is 5.43 Å². The molecule has 4 aliphatic heterocycles. The predicted octanol–water partition coefficient (Wildman–Crippen LogP) is 3.28. The number of Topliss-reactive ketones (excluding diaryl/α,β-unsaturated/α-hetero) is 1. The second-order valence-electron chi connectivity index (χ2n) is 15.5. The number of nitrogen functional groups attached to an aromatic ring is 2. The van der Waals surface area contributed by atoms with Gasteiger partial charge in [0.15, 0.2) is 57.4 Å². The quantitative estimate of drug-likeness (QED) is 0.0699. The van der Waals surface area contributed by atoms with E-state index in [1.807, 2.05) is 36.2 Å². The fraction of sp³-hybridized carbons (Fsp3) is 0.318. The molecule has 1 fully saturated rings. The molecule has 9 rings (SSSR count). The van der Waals surface area contributed by atoms with E-state index in [0.29, 0.717) is 60.3 Å². The van der Waals surface area contributed by atoms with Gasteiger partial charge >= 0.3 is 5.97 Å². The monoisotopic (exact) mass is 943 g/mol. The van der Waals surface area contributed by atoms with E-state index < -0.39 is 41.1 Å². The SMILES string of the molecule is C=C(C)[C@H]1Cc2c(ccc3c2O[C@@H]2COc4cc(OC)c(OC)cc4[C@@H]2C3=O)O1.CCn1cc(C(=O)O)c(=O)c2cc(F)c(N3CCNCC3)nc21.N=C(N)NC(=O)c1nc(Cl)c(N)nc1N. The number of carboxylic acids is 1. The minimum atomic E-state index is -1.33. The fourth-order valence-electron chi connectivity index (χ4n) is 7.90. The van der Waals surface area contributed by atoms with Crippen LogP contribution in [-0.2, 0) is 13.0 Å². The molecule has 7 heterocycles. The molecule has 2 aromatic carbocycles. The number of nitrogens with zero attached hydrogens (tertiary/aromatic N) is 5. The van der Waals surface area contributed by atoms with Crippen molar-refractivity contribution < 1.29 is 47.6 Å². The first-order valence-corrected chi connectivity index (χ1v) is 21.1. The largest absolute Gasteiger partial charge is 0.493 e. The third kappa shape index (κ3) is 9.38. The summed E-state index contributed by atoms with van der Waals surface area (Å²) in [6.07, 6.45) is 1.42. The predicted molar refractivity (Wildman–Crippen MR) is 245 cm³/mol. The lowest BCUT2D eigenvalue weighted by molar-refractivity contribution is 0.0554. The van der Waals surface area contributed by atoms with Crippen molar-refractivity contribution in [1.29, 1.82) is 5.41 Å². The minimum Gasteiger partial charge on any atom is -0.493 e. The number of methoxy groups -OCH3 is 2. The van der Waals surface area contributed by atoms with Gasteiger partial charge in [0, 0.05) is 62.5 Å². The molecule has 3 aromatic heterocycles. The minimum absolute atomic E-state index is 0.0110. The maximum Gasteiger partial charge on any atom is 0.341 e. The van der Waals surface area contributed by atoms with Crippen molar-refractivity contribution in [3.63, 3.8) is 0 Å². The summed E-state index contributed by atoms with van der Waals surface area (Å²) in [5.74, 6) is -0.620. The Morgan fingerprint density at radius 1 is 1.06 bits per heavy atom. The number of rotatable bonds is 7. The summed E-state index contributed by atoms with van der Waals surface area (Å²) in [6, 6.07) is 8.32. The molecule has 0 bridgehead atoms. The second-order valence-corrected chi connectivity index (χ2v) is 15.9. The van der Waals surface area contributed by atoms with Crippen LogP contribution in [0.4, 0.5) is 21.8 Å². The van der Waals surface area contributed by atoms with Crippen molar-refractivity contribution >= 4 is 63.7 Å². The van der Waals surface area contributed by atoms with Crippen LogP contribution >= 0.6 is 11.6 Å². The number of nitrogens with two attached hydrogens (primary N) is 3. The van der Waals surface area contributed by atoms with Crippen molar-refractivity contribution in [3.8, 4) is 28.7 Å². The van der Waals surface area contributed by atoms with Gasteiger partial charge < -0.3 is 60.8 Å². The van der Waals surface area contributed by atoms with E-state index in [1.165, 1.54) is 6.20 Å². The Morgan fingerprint density at radius 2 is 1.76 bits per heavy atom. The molecule has 1 saturated heterocycles. The summed E-state index contributed by atoms with van der Waals surface area (Å²) in [6.45, 7) is 11.2. The van der Waals surface area contributed by atoms with E-state index in [0.717, 1.165) is 41.6 Å². The molecule has 23 heteroatoms. The maximum atomic E-state index is 14.4. The molecule has 352 valence electrons. The first-order valence-electron chi connectivity index (χ1n) is 20.7. The molecule has 5 aromatic rings. The van der Waals surface area contributed by atoms with Crippen molar-refractivity contribution in [1.82, 2.24) is 30.2 Å². The summed E-state index contributed by atoms with van der Waals surface area (Å²) in [5.41, 5.74) is 17.8. The van der Waals surface area contributed by atoms with Crippen LogP contribution in [0.25, 0.3) is 11.0 Å². The van der Waals surface area contributed by atoms with Gasteiger partial charge in [-0.15, -0.1) is 0 Å². The van der Waals surface area contributed by atoms with Gasteiger partial charge in [0.25, 0.3) is 5.91 Å². The number of anilines is 3. The number of carboxylic acid groups (broad SMARTS) is 1. The zero-order chi connectivity index (χ0) is 48.4. The molecule has 0 saturated carbocycles. The zero-order valence-corrected chi connectivity index (χ0v) is 37.5. The number of guanidine groups is 1. The van der Waals surface area contributed by atoms with Crippen LogP contribution in [0.5, 0.6) is 28.7 Å². The third-order valence-corrected chi connectivity index (χ3v) is 11.5. The highest BCUT2D eigenvalue weighted by Gasteiger charge is 2.45. The van der Waals surface area contributed by atoms with Gasteiger partial charge in [-0.1, -0.05) is 18.2 Å². The van der Waals surface area contributed by atoms with Gasteiger partial charge in [-0.05, 0) is 43.7 Å². The molecule has 4 aliphatic rings. The van der Waals surface area contributed by atoms with E-state index >= 15 is 0 Å². The fourth-order valence-corrected chi connectivity index (χ4v) is 8.03. The summed E-state index contributed by atoms with van der Waals surface area (Å²) in [4.78, 5) is 61.6. The number of aromatic carboxylic acids is 1. The number of halogens is 2. The maximum absolute atomic E-state index is 14.4. The van der Waals surface area contributed by atoms with Gasteiger partial charge in [-0.2, -0.15) is 0 Å². The summed E-state index contributed by atoms with van der Waals surface area (Å²) < 4.78 is 45.0. The second kappa shape index (κ2) is 19.4.